The Hall–Kier alpha value is -5.80. The van der Waals surface area contributed by atoms with Gasteiger partial charge in [0.25, 0.3) is 11.8 Å². The minimum absolute atomic E-state index is 0.0608. The predicted octanol–water partition coefficient (Wildman–Crippen LogP) is 7.98. The Balaban J connectivity index is 1.32. The second-order valence-electron chi connectivity index (χ2n) is 10.5. The zero-order valence-corrected chi connectivity index (χ0v) is 27.3. The first kappa shape index (κ1) is 33.6. The van der Waals surface area contributed by atoms with Crippen LogP contribution in [0.15, 0.2) is 144 Å². The third-order valence-corrected chi connectivity index (χ3v) is 8.34. The normalized spacial score (nSPS) is 11.6. The van der Waals surface area contributed by atoms with E-state index in [1.807, 2.05) is 85.8 Å². The first-order valence-corrected chi connectivity index (χ1v) is 16.2. The maximum absolute atomic E-state index is 13.5. The molecule has 0 fully saturated rings. The topological polar surface area (TPSA) is 106 Å². The molecular formula is C39H35N3O5S. The zero-order valence-electron chi connectivity index (χ0n) is 26.5. The van der Waals surface area contributed by atoms with E-state index in [0.29, 0.717) is 34.9 Å². The van der Waals surface area contributed by atoms with Crippen molar-refractivity contribution in [2.45, 2.75) is 17.1 Å². The number of anilines is 2. The van der Waals surface area contributed by atoms with Crippen molar-refractivity contribution in [1.29, 1.82) is 0 Å². The third-order valence-electron chi connectivity index (χ3n) is 7.07. The van der Waals surface area contributed by atoms with Gasteiger partial charge in [-0.25, -0.2) is 0 Å². The molecule has 0 saturated heterocycles. The van der Waals surface area contributed by atoms with Crippen LogP contribution in [0, 0.1) is 0 Å². The lowest BCUT2D eigenvalue weighted by atomic mass is 10.1. The van der Waals surface area contributed by atoms with Crippen LogP contribution in [0.4, 0.5) is 11.4 Å². The molecule has 0 aliphatic heterocycles. The number of carbonyl (C=O) groups excluding carboxylic acids is 3. The molecule has 242 valence electrons. The number of ether oxygens (including phenoxy) is 2. The minimum atomic E-state index is -0.538. The highest BCUT2D eigenvalue weighted by Crippen LogP contribution is 2.37. The summed E-state index contributed by atoms with van der Waals surface area (Å²) in [6.07, 6.45) is 1.59. The molecule has 0 radical (unpaired) electrons. The summed E-state index contributed by atoms with van der Waals surface area (Å²) in [5.41, 5.74) is 3.19. The number of nitrogens with one attached hydrogen (secondary N) is 3. The summed E-state index contributed by atoms with van der Waals surface area (Å²) in [5.74, 6) is 0.266. The first-order chi connectivity index (χ1) is 23.4. The summed E-state index contributed by atoms with van der Waals surface area (Å²) >= 11 is 1.40. The van der Waals surface area contributed by atoms with E-state index >= 15 is 0 Å². The summed E-state index contributed by atoms with van der Waals surface area (Å²) in [5, 5.41) is 8.10. The number of carbonyl (C=O) groups is 3. The monoisotopic (exact) mass is 657 g/mol. The first-order valence-electron chi connectivity index (χ1n) is 15.3. The lowest BCUT2D eigenvalue weighted by Gasteiger charge is -2.18. The SMILES string of the molecule is CCOc1ccc(NC(=O)C(Sc2ccc(NC(=O)/C(=C/c3cccc(OC)c3)NC(=O)c3ccccc3)cc2)c2ccccc2)cc1. The van der Waals surface area contributed by atoms with Crippen molar-refractivity contribution >= 4 is 46.9 Å². The quantitative estimate of drug-likeness (QED) is 0.0876. The van der Waals surface area contributed by atoms with Crippen molar-refractivity contribution in [2.75, 3.05) is 24.4 Å². The van der Waals surface area contributed by atoms with E-state index in [4.69, 9.17) is 9.47 Å². The Morgan fingerprint density at radius 2 is 1.38 bits per heavy atom. The van der Waals surface area contributed by atoms with E-state index in [-0.39, 0.29) is 11.6 Å². The Labute approximate surface area is 284 Å². The van der Waals surface area contributed by atoms with E-state index in [9.17, 15) is 14.4 Å². The fraction of sp³-hybridized carbons (Fsp3) is 0.103. The molecule has 0 bridgehead atoms. The Morgan fingerprint density at radius 3 is 2.04 bits per heavy atom. The molecule has 3 amide bonds. The second kappa shape index (κ2) is 16.7. The number of hydrogen-bond donors (Lipinski definition) is 3. The molecule has 9 heteroatoms. The summed E-state index contributed by atoms with van der Waals surface area (Å²) < 4.78 is 10.8. The summed E-state index contributed by atoms with van der Waals surface area (Å²) in [6, 6.07) is 39.9. The molecule has 48 heavy (non-hydrogen) atoms. The van der Waals surface area contributed by atoms with Crippen molar-refractivity contribution in [3.8, 4) is 11.5 Å². The molecule has 0 spiro atoms. The van der Waals surface area contributed by atoms with Crippen molar-refractivity contribution in [1.82, 2.24) is 5.32 Å². The number of amides is 3. The molecule has 0 aromatic heterocycles. The van der Waals surface area contributed by atoms with Crippen molar-refractivity contribution in [3.05, 3.63) is 156 Å². The standard InChI is InChI=1S/C39H35N3O5S/c1-3-47-32-21-17-30(18-22-32)41-39(45)36(28-12-6-4-7-13-28)48-34-23-19-31(20-24-34)40-38(44)35(26-27-11-10-16-33(25-27)46-2)42-37(43)29-14-8-5-9-15-29/h4-26,36H,3H2,1-2H3,(H,40,44)(H,41,45)(H,42,43)/b35-26-. The van der Waals surface area contributed by atoms with Crippen molar-refractivity contribution in [3.63, 3.8) is 0 Å². The average Bonchev–Trinajstić information content (AvgIpc) is 3.12. The molecule has 0 aliphatic rings. The van der Waals surface area contributed by atoms with Crippen LogP contribution in [0.1, 0.15) is 33.7 Å². The maximum Gasteiger partial charge on any atom is 0.272 e. The van der Waals surface area contributed by atoms with Crippen LogP contribution in [0.25, 0.3) is 6.08 Å². The fourth-order valence-electron chi connectivity index (χ4n) is 4.70. The number of rotatable bonds is 13. The smallest absolute Gasteiger partial charge is 0.272 e. The van der Waals surface area contributed by atoms with E-state index in [1.165, 1.54) is 11.8 Å². The third kappa shape index (κ3) is 9.37. The van der Waals surface area contributed by atoms with Gasteiger partial charge in [0, 0.05) is 21.8 Å². The fourth-order valence-corrected chi connectivity index (χ4v) is 5.73. The van der Waals surface area contributed by atoms with E-state index in [1.54, 1.807) is 67.8 Å². The lowest BCUT2D eigenvalue weighted by Crippen LogP contribution is -2.30. The van der Waals surface area contributed by atoms with Gasteiger partial charge in [0.1, 0.15) is 22.4 Å². The largest absolute Gasteiger partial charge is 0.497 e. The van der Waals surface area contributed by atoms with Crippen molar-refractivity contribution in [2.24, 2.45) is 0 Å². The van der Waals surface area contributed by atoms with Crippen LogP contribution in [0.3, 0.4) is 0 Å². The highest BCUT2D eigenvalue weighted by atomic mass is 32.2. The minimum Gasteiger partial charge on any atom is -0.497 e. The van der Waals surface area contributed by atoms with E-state index < -0.39 is 17.1 Å². The molecule has 8 nitrogen and oxygen atoms in total. The summed E-state index contributed by atoms with van der Waals surface area (Å²) in [4.78, 5) is 40.9. The predicted molar refractivity (Wildman–Crippen MR) is 191 cm³/mol. The molecular weight excluding hydrogens is 623 g/mol. The van der Waals surface area contributed by atoms with Crippen LogP contribution in [0.5, 0.6) is 11.5 Å². The zero-order chi connectivity index (χ0) is 33.7. The number of hydrogen-bond acceptors (Lipinski definition) is 6. The van der Waals surface area contributed by atoms with Gasteiger partial charge in [0.05, 0.1) is 13.7 Å². The molecule has 0 heterocycles. The molecule has 5 aromatic rings. The van der Waals surface area contributed by atoms with Gasteiger partial charge in [-0.2, -0.15) is 0 Å². The van der Waals surface area contributed by atoms with E-state index in [2.05, 4.69) is 16.0 Å². The molecule has 5 rings (SSSR count). The van der Waals surface area contributed by atoms with Gasteiger partial charge in [-0.05, 0) is 96.9 Å². The average molecular weight is 658 g/mol. The molecule has 1 unspecified atom stereocenters. The van der Waals surface area contributed by atoms with Gasteiger partial charge in [-0.15, -0.1) is 11.8 Å². The molecule has 1 atom stereocenters. The van der Waals surface area contributed by atoms with E-state index in [0.717, 1.165) is 16.2 Å². The van der Waals surface area contributed by atoms with Gasteiger partial charge in [0.15, 0.2) is 0 Å². The highest BCUT2D eigenvalue weighted by Gasteiger charge is 2.23. The Kier molecular flexibility index (Phi) is 11.7. The maximum atomic E-state index is 13.5. The molecule has 5 aromatic carbocycles. The van der Waals surface area contributed by atoms with Crippen LogP contribution >= 0.6 is 11.8 Å². The van der Waals surface area contributed by atoms with Crippen LogP contribution in [-0.2, 0) is 9.59 Å². The summed E-state index contributed by atoms with van der Waals surface area (Å²) in [7, 11) is 1.56. The summed E-state index contributed by atoms with van der Waals surface area (Å²) in [6.45, 7) is 2.48. The molecule has 0 saturated carbocycles. The Bertz CT molecular complexity index is 1860. The van der Waals surface area contributed by atoms with Crippen molar-refractivity contribution < 1.29 is 23.9 Å². The second-order valence-corrected chi connectivity index (χ2v) is 11.7. The lowest BCUT2D eigenvalue weighted by molar-refractivity contribution is -0.116. The van der Waals surface area contributed by atoms with Gasteiger partial charge in [-0.3, -0.25) is 14.4 Å². The van der Waals surface area contributed by atoms with Gasteiger partial charge in [-0.1, -0.05) is 60.7 Å². The number of thioether (sulfide) groups is 1. The highest BCUT2D eigenvalue weighted by molar-refractivity contribution is 8.00. The van der Waals surface area contributed by atoms with Crippen LogP contribution < -0.4 is 25.4 Å². The molecule has 3 N–H and O–H groups in total. The molecule has 0 aliphatic carbocycles. The van der Waals surface area contributed by atoms with Gasteiger partial charge >= 0.3 is 0 Å². The Morgan fingerprint density at radius 1 is 0.729 bits per heavy atom. The number of benzene rings is 5. The van der Waals surface area contributed by atoms with Gasteiger partial charge in [0.2, 0.25) is 5.91 Å². The van der Waals surface area contributed by atoms with Crippen LogP contribution in [-0.4, -0.2) is 31.4 Å². The number of methoxy groups -OCH3 is 1. The van der Waals surface area contributed by atoms with Crippen LogP contribution in [0.2, 0.25) is 0 Å². The van der Waals surface area contributed by atoms with Gasteiger partial charge < -0.3 is 25.4 Å².